The lowest BCUT2D eigenvalue weighted by atomic mass is 9.84. The van der Waals surface area contributed by atoms with E-state index in [0.717, 1.165) is 16.7 Å². The molecule has 8 heteroatoms. The van der Waals surface area contributed by atoms with Gasteiger partial charge in [0, 0.05) is 12.2 Å². The highest BCUT2D eigenvalue weighted by Crippen LogP contribution is 2.48. The molecule has 0 aliphatic carbocycles. The second-order valence-corrected chi connectivity index (χ2v) is 9.88. The molecule has 3 rings (SSSR count). The van der Waals surface area contributed by atoms with Gasteiger partial charge < -0.3 is 19.5 Å². The number of hydrogen-bond acceptors (Lipinski definition) is 7. The predicted octanol–water partition coefficient (Wildman–Crippen LogP) is 5.32. The van der Waals surface area contributed by atoms with Gasteiger partial charge in [0.25, 0.3) is 0 Å². The molecule has 7 nitrogen and oxygen atoms in total. The molecule has 0 spiro atoms. The highest BCUT2D eigenvalue weighted by atomic mass is 32.2. The molecule has 0 aliphatic heterocycles. The maximum absolute atomic E-state index is 12.7. The van der Waals surface area contributed by atoms with Crippen LogP contribution in [0.1, 0.15) is 36.5 Å². The van der Waals surface area contributed by atoms with Crippen molar-refractivity contribution in [2.45, 2.75) is 36.7 Å². The third kappa shape index (κ3) is 7.38. The summed E-state index contributed by atoms with van der Waals surface area (Å²) in [6, 6.07) is 29.7. The number of thioether (sulfide) groups is 1. The van der Waals surface area contributed by atoms with Crippen LogP contribution in [0.15, 0.2) is 91.0 Å². The molecule has 0 unspecified atom stereocenters. The summed E-state index contributed by atoms with van der Waals surface area (Å²) in [6.45, 7) is 1.81. The van der Waals surface area contributed by atoms with Crippen LogP contribution in [0.25, 0.3) is 0 Å². The van der Waals surface area contributed by atoms with Crippen molar-refractivity contribution in [1.29, 1.82) is 0 Å². The summed E-state index contributed by atoms with van der Waals surface area (Å²) in [7, 11) is 2.48. The fourth-order valence-electron chi connectivity index (χ4n) is 4.16. The lowest BCUT2D eigenvalue weighted by Crippen LogP contribution is -2.43. The topological polar surface area (TPSA) is 90.9 Å². The molecule has 1 N–H and O–H groups in total. The number of carbonyl (C=O) groups is 3. The Kier molecular flexibility index (Phi) is 10.8. The molecule has 0 bridgehead atoms. The van der Waals surface area contributed by atoms with Gasteiger partial charge in [-0.1, -0.05) is 91.0 Å². The quantitative estimate of drug-likeness (QED) is 0.191. The Balaban J connectivity index is 1.80. The third-order valence-corrected chi connectivity index (χ3v) is 7.80. The predicted molar refractivity (Wildman–Crippen MR) is 148 cm³/mol. The zero-order chi connectivity index (χ0) is 27.4. The van der Waals surface area contributed by atoms with Gasteiger partial charge in [0.05, 0.1) is 19.0 Å². The monoisotopic (exact) mass is 535 g/mol. The summed E-state index contributed by atoms with van der Waals surface area (Å²) in [4.78, 5) is 36.3. The normalized spacial score (nSPS) is 12.6. The number of carbonyl (C=O) groups excluding carboxylic acids is 3. The Labute approximate surface area is 227 Å². The number of methoxy groups -OCH3 is 2. The first kappa shape index (κ1) is 28.8. The van der Waals surface area contributed by atoms with Gasteiger partial charge in [0.15, 0.2) is 0 Å². The molecule has 38 heavy (non-hydrogen) atoms. The Morgan fingerprint density at radius 3 is 1.68 bits per heavy atom. The van der Waals surface area contributed by atoms with Crippen molar-refractivity contribution in [3.63, 3.8) is 0 Å². The van der Waals surface area contributed by atoms with E-state index in [1.165, 1.54) is 14.2 Å². The summed E-state index contributed by atoms with van der Waals surface area (Å²) in [6.07, 6.45) is -1.26. The first-order valence-electron chi connectivity index (χ1n) is 12.3. The molecular weight excluding hydrogens is 502 g/mol. The van der Waals surface area contributed by atoms with Crippen LogP contribution in [0.4, 0.5) is 4.79 Å². The van der Waals surface area contributed by atoms with Crippen molar-refractivity contribution in [1.82, 2.24) is 5.32 Å². The fourth-order valence-corrected chi connectivity index (χ4v) is 5.62. The van der Waals surface area contributed by atoms with Crippen LogP contribution in [0.2, 0.25) is 0 Å². The summed E-state index contributed by atoms with van der Waals surface area (Å²) >= 11 is 1.67. The average molecular weight is 536 g/mol. The molecule has 3 aromatic rings. The van der Waals surface area contributed by atoms with Crippen molar-refractivity contribution in [3.05, 3.63) is 108 Å². The Morgan fingerprint density at radius 1 is 0.789 bits per heavy atom. The SMILES string of the molecule is COC(=O)CC[C@H](NC(=O)O[C@H](C)CSC(c1ccccc1)(c1ccccc1)c1ccccc1)C(=O)OC. The number of amides is 1. The molecule has 0 aromatic heterocycles. The molecule has 1 amide bonds. The van der Waals surface area contributed by atoms with Gasteiger partial charge in [0.1, 0.15) is 12.1 Å². The van der Waals surface area contributed by atoms with Gasteiger partial charge in [-0.05, 0) is 30.0 Å². The van der Waals surface area contributed by atoms with E-state index in [9.17, 15) is 14.4 Å². The number of ether oxygens (including phenoxy) is 3. The van der Waals surface area contributed by atoms with Crippen molar-refractivity contribution in [2.24, 2.45) is 0 Å². The molecule has 0 saturated carbocycles. The molecule has 0 aliphatic rings. The minimum absolute atomic E-state index is 0.0384. The lowest BCUT2D eigenvalue weighted by molar-refractivity contribution is -0.144. The summed E-state index contributed by atoms with van der Waals surface area (Å²) in [5, 5.41) is 2.52. The number of nitrogens with one attached hydrogen (secondary N) is 1. The number of hydrogen-bond donors (Lipinski definition) is 1. The van der Waals surface area contributed by atoms with Crippen molar-refractivity contribution in [2.75, 3.05) is 20.0 Å². The maximum atomic E-state index is 12.7. The van der Waals surface area contributed by atoms with Crippen LogP contribution in [0.5, 0.6) is 0 Å². The average Bonchev–Trinajstić information content (AvgIpc) is 2.96. The Hall–Kier alpha value is -3.78. The van der Waals surface area contributed by atoms with E-state index < -0.39 is 34.9 Å². The maximum Gasteiger partial charge on any atom is 0.408 e. The second-order valence-electron chi connectivity index (χ2n) is 8.64. The lowest BCUT2D eigenvalue weighted by Gasteiger charge is -2.36. The van der Waals surface area contributed by atoms with E-state index in [1.54, 1.807) is 18.7 Å². The molecule has 2 atom stereocenters. The van der Waals surface area contributed by atoms with Crippen LogP contribution in [0, 0.1) is 0 Å². The smallest absolute Gasteiger partial charge is 0.408 e. The van der Waals surface area contributed by atoms with Gasteiger partial charge in [-0.25, -0.2) is 9.59 Å². The summed E-state index contributed by atoms with van der Waals surface area (Å²) in [5.74, 6) is -0.681. The van der Waals surface area contributed by atoms with Gasteiger partial charge in [-0.15, -0.1) is 11.8 Å². The molecule has 0 fully saturated rings. The Bertz CT molecular complexity index is 1080. The largest absolute Gasteiger partial charge is 0.469 e. The minimum atomic E-state index is -1.02. The van der Waals surface area contributed by atoms with Gasteiger partial charge in [0.2, 0.25) is 0 Å². The number of alkyl carbamates (subject to hydrolysis) is 1. The van der Waals surface area contributed by atoms with E-state index in [1.807, 2.05) is 54.6 Å². The Morgan fingerprint density at radius 2 is 1.26 bits per heavy atom. The van der Waals surface area contributed by atoms with Crippen LogP contribution in [-0.2, 0) is 28.5 Å². The van der Waals surface area contributed by atoms with E-state index in [4.69, 9.17) is 9.47 Å². The number of esters is 2. The summed E-state index contributed by atoms with van der Waals surface area (Å²) < 4.78 is 14.4. The standard InChI is InChI=1S/C30H33NO6S/c1-22(37-29(34)31-26(28(33)36-3)19-20-27(32)35-2)21-38-30(23-13-7-4-8-14-23,24-15-9-5-10-16-24)25-17-11-6-12-18-25/h4-18,22,26H,19-21H2,1-3H3,(H,31,34)/t22-,26+/m1/s1. The summed E-state index contributed by atoms with van der Waals surface area (Å²) in [5.41, 5.74) is 3.31. The first-order chi connectivity index (χ1) is 18.4. The van der Waals surface area contributed by atoms with Crippen LogP contribution < -0.4 is 5.32 Å². The van der Waals surface area contributed by atoms with Crippen LogP contribution >= 0.6 is 11.8 Å². The van der Waals surface area contributed by atoms with Crippen LogP contribution in [-0.4, -0.2) is 50.2 Å². The van der Waals surface area contributed by atoms with Crippen molar-refractivity contribution >= 4 is 29.8 Å². The highest BCUT2D eigenvalue weighted by molar-refractivity contribution is 8.00. The molecule has 0 heterocycles. The molecule has 0 radical (unpaired) electrons. The zero-order valence-electron chi connectivity index (χ0n) is 21.8. The molecule has 200 valence electrons. The highest BCUT2D eigenvalue weighted by Gasteiger charge is 2.37. The van der Waals surface area contributed by atoms with Gasteiger partial charge >= 0.3 is 18.0 Å². The van der Waals surface area contributed by atoms with E-state index >= 15 is 0 Å². The molecule has 3 aromatic carbocycles. The van der Waals surface area contributed by atoms with E-state index in [-0.39, 0.29) is 12.8 Å². The van der Waals surface area contributed by atoms with Gasteiger partial charge in [-0.3, -0.25) is 4.79 Å². The van der Waals surface area contributed by atoms with Gasteiger partial charge in [-0.2, -0.15) is 0 Å². The minimum Gasteiger partial charge on any atom is -0.469 e. The number of rotatable bonds is 12. The second kappa shape index (κ2) is 14.2. The number of benzene rings is 3. The van der Waals surface area contributed by atoms with Crippen molar-refractivity contribution in [3.8, 4) is 0 Å². The zero-order valence-corrected chi connectivity index (χ0v) is 22.6. The first-order valence-corrected chi connectivity index (χ1v) is 13.3. The third-order valence-electron chi connectivity index (χ3n) is 6.03. The fraction of sp³-hybridized carbons (Fsp3) is 0.300. The molecule has 0 saturated heterocycles. The van der Waals surface area contributed by atoms with E-state index in [0.29, 0.717) is 5.75 Å². The van der Waals surface area contributed by atoms with Crippen LogP contribution in [0.3, 0.4) is 0 Å². The molecular formula is C30H33NO6S. The van der Waals surface area contributed by atoms with E-state index in [2.05, 4.69) is 46.5 Å². The van der Waals surface area contributed by atoms with Crippen molar-refractivity contribution < 1.29 is 28.6 Å².